The summed E-state index contributed by atoms with van der Waals surface area (Å²) in [6, 6.07) is 81.8. The molecule has 0 unspecified atom stereocenters. The van der Waals surface area contributed by atoms with Gasteiger partial charge in [-0.15, -0.1) is 0 Å². The number of hydrogen-bond donors (Lipinski definition) is 0. The molecule has 0 aromatic heterocycles. The van der Waals surface area contributed by atoms with Crippen molar-refractivity contribution in [2.75, 3.05) is 14.7 Å². The smallest absolute Gasteiger partial charge is 0.0618 e. The molecular formula is C66H51N3. The van der Waals surface area contributed by atoms with Gasteiger partial charge in [-0.2, -0.15) is 0 Å². The van der Waals surface area contributed by atoms with Crippen LogP contribution in [0.3, 0.4) is 0 Å². The number of rotatable bonds is 4. The number of benzene rings is 12. The molecule has 0 spiro atoms. The molecule has 13 rings (SSSR count). The molecule has 3 heteroatoms. The average Bonchev–Trinajstić information content (AvgIpc) is 3.37. The summed E-state index contributed by atoms with van der Waals surface area (Å²) in [5.74, 6) is 0. The van der Waals surface area contributed by atoms with Crippen molar-refractivity contribution in [3.63, 3.8) is 0 Å². The molecule has 1 heterocycles. The van der Waals surface area contributed by atoms with Crippen molar-refractivity contribution in [1.82, 2.24) is 0 Å². The molecule has 12 aromatic carbocycles. The molecule has 0 saturated heterocycles. The highest BCUT2D eigenvalue weighted by molar-refractivity contribution is 6.29. The average molecular weight is 886 g/mol. The Morgan fingerprint density at radius 3 is 1.23 bits per heavy atom. The van der Waals surface area contributed by atoms with Gasteiger partial charge in [-0.05, 0) is 129 Å². The van der Waals surface area contributed by atoms with E-state index in [9.17, 15) is 0 Å². The zero-order chi connectivity index (χ0) is 46.5. The fourth-order valence-corrected chi connectivity index (χ4v) is 11.3. The molecular weight excluding hydrogens is 835 g/mol. The van der Waals surface area contributed by atoms with E-state index in [-0.39, 0.29) is 5.41 Å². The van der Waals surface area contributed by atoms with Gasteiger partial charge in [0.25, 0.3) is 0 Å². The number of nitrogens with zero attached hydrogens (tertiary/aromatic N) is 3. The van der Waals surface area contributed by atoms with E-state index in [0.29, 0.717) is 0 Å². The van der Waals surface area contributed by atoms with Crippen molar-refractivity contribution >= 4 is 105 Å². The predicted molar refractivity (Wildman–Crippen MR) is 296 cm³/mol. The van der Waals surface area contributed by atoms with Gasteiger partial charge < -0.3 is 14.7 Å². The molecule has 1 aliphatic rings. The van der Waals surface area contributed by atoms with Crippen LogP contribution in [0.15, 0.2) is 218 Å². The minimum Gasteiger partial charge on any atom is -0.309 e. The van der Waals surface area contributed by atoms with Gasteiger partial charge in [0.05, 0.1) is 17.1 Å². The van der Waals surface area contributed by atoms with Gasteiger partial charge in [-0.25, -0.2) is 0 Å². The van der Waals surface area contributed by atoms with E-state index in [1.165, 1.54) is 81.7 Å². The fraction of sp³-hybridized carbons (Fsp3) is 0.0909. The first kappa shape index (κ1) is 40.8. The largest absolute Gasteiger partial charge is 0.309 e. The summed E-state index contributed by atoms with van der Waals surface area (Å²) < 4.78 is 0. The highest BCUT2D eigenvalue weighted by atomic mass is 15.2. The minimum absolute atomic E-state index is 0.00420. The van der Waals surface area contributed by atoms with Crippen LogP contribution in [0.25, 0.3) is 65.0 Å². The van der Waals surface area contributed by atoms with E-state index in [0.717, 1.165) is 51.2 Å². The van der Waals surface area contributed by atoms with E-state index >= 15 is 0 Å². The van der Waals surface area contributed by atoms with Gasteiger partial charge in [-0.1, -0.05) is 185 Å². The number of fused-ring (bicyclic) bond motifs is 10. The van der Waals surface area contributed by atoms with Crippen molar-refractivity contribution in [3.8, 4) is 11.1 Å². The summed E-state index contributed by atoms with van der Waals surface area (Å²) in [6.07, 6.45) is 0. The second-order valence-corrected chi connectivity index (χ2v) is 19.9. The van der Waals surface area contributed by atoms with Crippen molar-refractivity contribution in [2.45, 2.75) is 40.0 Å². The lowest BCUT2D eigenvalue weighted by Crippen LogP contribution is -2.18. The maximum Gasteiger partial charge on any atom is 0.0618 e. The van der Waals surface area contributed by atoms with Gasteiger partial charge in [-0.3, -0.25) is 0 Å². The van der Waals surface area contributed by atoms with Crippen LogP contribution in [0.2, 0.25) is 0 Å². The Morgan fingerprint density at radius 1 is 0.319 bits per heavy atom. The number of hydrogen-bond acceptors (Lipinski definition) is 3. The molecule has 0 saturated carbocycles. The molecule has 0 aliphatic carbocycles. The molecule has 0 amide bonds. The lowest BCUT2D eigenvalue weighted by atomic mass is 9.83. The summed E-state index contributed by atoms with van der Waals surface area (Å²) >= 11 is 0. The van der Waals surface area contributed by atoms with Crippen LogP contribution in [0.4, 0.5) is 51.2 Å². The first-order chi connectivity index (χ1) is 33.7. The van der Waals surface area contributed by atoms with Crippen molar-refractivity contribution < 1.29 is 0 Å². The molecule has 69 heavy (non-hydrogen) atoms. The molecule has 330 valence electrons. The van der Waals surface area contributed by atoms with Crippen molar-refractivity contribution in [3.05, 3.63) is 235 Å². The zero-order valence-electron chi connectivity index (χ0n) is 39.6. The monoisotopic (exact) mass is 885 g/mol. The third-order valence-electron chi connectivity index (χ3n) is 14.6. The third-order valence-corrected chi connectivity index (χ3v) is 14.6. The Balaban J connectivity index is 1.20. The molecule has 0 N–H and O–H groups in total. The Labute approximate surface area is 404 Å². The Bertz CT molecular complexity index is 3770. The van der Waals surface area contributed by atoms with Crippen LogP contribution in [0.5, 0.6) is 0 Å². The normalized spacial score (nSPS) is 12.9. The minimum atomic E-state index is 0.00420. The number of para-hydroxylation sites is 2. The van der Waals surface area contributed by atoms with Crippen molar-refractivity contribution in [1.29, 1.82) is 0 Å². The van der Waals surface area contributed by atoms with Gasteiger partial charge in [0.1, 0.15) is 0 Å². The van der Waals surface area contributed by atoms with Gasteiger partial charge >= 0.3 is 0 Å². The summed E-state index contributed by atoms with van der Waals surface area (Å²) in [4.78, 5) is 7.56. The summed E-state index contributed by atoms with van der Waals surface area (Å²) in [6.45, 7) is 11.4. The van der Waals surface area contributed by atoms with Gasteiger partial charge in [0.15, 0.2) is 0 Å². The van der Waals surface area contributed by atoms with Gasteiger partial charge in [0, 0.05) is 61.1 Å². The van der Waals surface area contributed by atoms with Gasteiger partial charge in [0.2, 0.25) is 0 Å². The summed E-state index contributed by atoms with van der Waals surface area (Å²) in [7, 11) is 0. The van der Waals surface area contributed by atoms with E-state index in [4.69, 9.17) is 0 Å². The Morgan fingerprint density at radius 2 is 0.754 bits per heavy atom. The van der Waals surface area contributed by atoms with E-state index < -0.39 is 0 Å². The van der Waals surface area contributed by atoms with Crippen molar-refractivity contribution in [2.24, 2.45) is 0 Å². The van der Waals surface area contributed by atoms with Crippen LogP contribution in [0, 0.1) is 13.8 Å². The quantitative estimate of drug-likeness (QED) is 0.129. The lowest BCUT2D eigenvalue weighted by Gasteiger charge is -2.36. The van der Waals surface area contributed by atoms with E-state index in [2.05, 4.69) is 268 Å². The molecule has 0 fully saturated rings. The lowest BCUT2D eigenvalue weighted by molar-refractivity contribution is 0.591. The molecule has 12 aromatic rings. The molecule has 0 atom stereocenters. The molecule has 1 aliphatic heterocycles. The second kappa shape index (κ2) is 15.6. The second-order valence-electron chi connectivity index (χ2n) is 19.9. The standard InChI is InChI=1S/C66H51N3/c1-42-19-9-15-31-58(42)68-50-25-17-23-48(39-50)67(65-54-29-13-11-27-52(54)63(44-21-7-6-8-22-44)53-28-12-14-30-55(53)65)49-24-18-26-51(40-49)69(59-32-16-10-20-43(59)2)61-41-60(68)56-35-33-45-37-47(66(3,4)5)38-46-34-36-57(61)64(56)62(45)46/h6-41H,1-5H3. The third kappa shape index (κ3) is 6.41. The zero-order valence-corrected chi connectivity index (χ0v) is 39.6. The topological polar surface area (TPSA) is 9.72 Å². The highest BCUT2D eigenvalue weighted by Gasteiger charge is 2.29. The Kier molecular flexibility index (Phi) is 9.22. The van der Waals surface area contributed by atoms with Crippen LogP contribution >= 0.6 is 0 Å². The van der Waals surface area contributed by atoms with E-state index in [1.54, 1.807) is 0 Å². The number of aryl methyl sites for hydroxylation is 2. The fourth-order valence-electron chi connectivity index (χ4n) is 11.3. The van der Waals surface area contributed by atoms with Crippen LogP contribution in [0.1, 0.15) is 37.5 Å². The van der Waals surface area contributed by atoms with Crippen LogP contribution in [-0.2, 0) is 5.41 Å². The predicted octanol–water partition coefficient (Wildman–Crippen LogP) is 19.2. The Hall–Kier alpha value is -8.40. The van der Waals surface area contributed by atoms with E-state index in [1.807, 2.05) is 0 Å². The maximum atomic E-state index is 2.52. The summed E-state index contributed by atoms with van der Waals surface area (Å²) in [5.41, 5.74) is 16.2. The first-order valence-corrected chi connectivity index (χ1v) is 24.2. The summed E-state index contributed by atoms with van der Waals surface area (Å²) in [5, 5.41) is 12.3. The van der Waals surface area contributed by atoms with Crippen LogP contribution in [-0.4, -0.2) is 0 Å². The molecule has 6 bridgehead atoms. The highest BCUT2D eigenvalue weighted by Crippen LogP contribution is 2.54. The molecule has 0 radical (unpaired) electrons. The SMILES string of the molecule is Cc1ccccc1N1c2cccc(c2)N(c2c3ccccc3c(-c3ccccc3)c3ccccc23)c2cccc(c2)N(c2ccccc2C)c2cc1c1ccc3cc(C(C)(C)C)cc4ccc2c1c34. The number of anilines is 9. The van der Waals surface area contributed by atoms with Crippen LogP contribution < -0.4 is 14.7 Å². The first-order valence-electron chi connectivity index (χ1n) is 24.2. The maximum absolute atomic E-state index is 2.52. The molecule has 3 nitrogen and oxygen atoms in total.